The first kappa shape index (κ1) is 14.8. The van der Waals surface area contributed by atoms with Gasteiger partial charge in [-0.05, 0) is 36.2 Å². The van der Waals surface area contributed by atoms with Gasteiger partial charge in [0.05, 0.1) is 19.0 Å². The van der Waals surface area contributed by atoms with Gasteiger partial charge in [0.25, 0.3) is 0 Å². The Morgan fingerprint density at radius 1 is 1.38 bits per heavy atom. The highest BCUT2D eigenvalue weighted by atomic mass is 19.1. The molecule has 2 aromatic rings. The lowest BCUT2D eigenvalue weighted by atomic mass is 10.1. The second-order valence-corrected chi connectivity index (χ2v) is 4.52. The number of amides is 2. The maximum atomic E-state index is 13.3. The number of carbonyl (C=O) groups excluding carboxylic acids is 1. The van der Waals surface area contributed by atoms with Crippen molar-refractivity contribution in [3.8, 4) is 5.75 Å². The molecule has 0 radical (unpaired) electrons. The molecule has 0 spiro atoms. The van der Waals surface area contributed by atoms with Crippen molar-refractivity contribution in [1.29, 1.82) is 0 Å². The van der Waals surface area contributed by atoms with Crippen LogP contribution in [0.4, 0.5) is 14.9 Å². The van der Waals surface area contributed by atoms with E-state index in [9.17, 15) is 9.18 Å². The van der Waals surface area contributed by atoms with Crippen molar-refractivity contribution in [3.63, 3.8) is 0 Å². The third-order valence-electron chi connectivity index (χ3n) is 2.82. The van der Waals surface area contributed by atoms with Gasteiger partial charge < -0.3 is 15.4 Å². The SMILES string of the molecule is COc1cc(C)cc(CNC(=O)Nc2ccncc2F)c1. The van der Waals surface area contributed by atoms with Gasteiger partial charge in [-0.25, -0.2) is 9.18 Å². The van der Waals surface area contributed by atoms with Crippen LogP contribution in [0.2, 0.25) is 0 Å². The van der Waals surface area contributed by atoms with Crippen LogP contribution in [0.5, 0.6) is 5.75 Å². The number of halogens is 1. The van der Waals surface area contributed by atoms with E-state index in [1.54, 1.807) is 7.11 Å². The van der Waals surface area contributed by atoms with Crippen LogP contribution in [-0.2, 0) is 6.54 Å². The van der Waals surface area contributed by atoms with E-state index in [-0.39, 0.29) is 5.69 Å². The summed E-state index contributed by atoms with van der Waals surface area (Å²) in [6.45, 7) is 2.26. The normalized spacial score (nSPS) is 10.0. The molecule has 1 aromatic heterocycles. The molecule has 0 fully saturated rings. The number of aromatic nitrogens is 1. The summed E-state index contributed by atoms with van der Waals surface area (Å²) < 4.78 is 18.5. The molecule has 0 aliphatic heterocycles. The Labute approximate surface area is 122 Å². The van der Waals surface area contributed by atoms with Crippen LogP contribution >= 0.6 is 0 Å². The monoisotopic (exact) mass is 289 g/mol. The van der Waals surface area contributed by atoms with Crippen LogP contribution in [0, 0.1) is 12.7 Å². The van der Waals surface area contributed by atoms with E-state index in [1.165, 1.54) is 12.3 Å². The number of anilines is 1. The molecular formula is C15H16FN3O2. The zero-order valence-corrected chi connectivity index (χ0v) is 11.8. The van der Waals surface area contributed by atoms with E-state index in [1.807, 2.05) is 25.1 Å². The summed E-state index contributed by atoms with van der Waals surface area (Å²) in [6.07, 6.45) is 2.45. The summed E-state index contributed by atoms with van der Waals surface area (Å²) in [5.41, 5.74) is 2.02. The molecule has 2 N–H and O–H groups in total. The van der Waals surface area contributed by atoms with Crippen molar-refractivity contribution < 1.29 is 13.9 Å². The van der Waals surface area contributed by atoms with E-state index >= 15 is 0 Å². The summed E-state index contributed by atoms with van der Waals surface area (Å²) in [4.78, 5) is 15.4. The van der Waals surface area contributed by atoms with Crippen molar-refractivity contribution in [2.75, 3.05) is 12.4 Å². The Morgan fingerprint density at radius 2 is 2.19 bits per heavy atom. The maximum absolute atomic E-state index is 13.3. The molecule has 0 bridgehead atoms. The summed E-state index contributed by atoms with van der Waals surface area (Å²) in [5.74, 6) is 0.150. The van der Waals surface area contributed by atoms with E-state index < -0.39 is 11.8 Å². The molecule has 5 nitrogen and oxygen atoms in total. The number of carbonyl (C=O) groups is 1. The third-order valence-corrected chi connectivity index (χ3v) is 2.82. The topological polar surface area (TPSA) is 63.2 Å². The number of ether oxygens (including phenoxy) is 1. The molecule has 0 aliphatic rings. The number of rotatable bonds is 4. The van der Waals surface area contributed by atoms with Gasteiger partial charge in [-0.3, -0.25) is 4.98 Å². The Balaban J connectivity index is 1.95. The quantitative estimate of drug-likeness (QED) is 0.909. The molecule has 1 aromatic carbocycles. The number of benzene rings is 1. The molecular weight excluding hydrogens is 273 g/mol. The Bertz CT molecular complexity index is 647. The first-order valence-corrected chi connectivity index (χ1v) is 6.37. The lowest BCUT2D eigenvalue weighted by Gasteiger charge is -2.10. The highest BCUT2D eigenvalue weighted by Crippen LogP contribution is 2.16. The average Bonchev–Trinajstić information content (AvgIpc) is 2.47. The largest absolute Gasteiger partial charge is 0.497 e. The van der Waals surface area contributed by atoms with Crippen LogP contribution in [-0.4, -0.2) is 18.1 Å². The standard InChI is InChI=1S/C15H16FN3O2/c1-10-5-11(7-12(6-10)21-2)8-18-15(20)19-14-3-4-17-9-13(14)16/h3-7,9H,8H2,1-2H3,(H2,17,18,19,20). The first-order chi connectivity index (χ1) is 10.1. The third kappa shape index (κ3) is 4.17. The van der Waals surface area contributed by atoms with Crippen molar-refractivity contribution in [2.24, 2.45) is 0 Å². The van der Waals surface area contributed by atoms with Crippen LogP contribution in [0.1, 0.15) is 11.1 Å². The first-order valence-electron chi connectivity index (χ1n) is 6.37. The molecule has 1 heterocycles. The number of aryl methyl sites for hydroxylation is 1. The van der Waals surface area contributed by atoms with Gasteiger partial charge in [-0.15, -0.1) is 0 Å². The fraction of sp³-hybridized carbons (Fsp3) is 0.200. The van der Waals surface area contributed by atoms with Gasteiger partial charge in [0.2, 0.25) is 0 Å². The highest BCUT2D eigenvalue weighted by Gasteiger charge is 2.06. The fourth-order valence-corrected chi connectivity index (χ4v) is 1.87. The molecule has 110 valence electrons. The minimum absolute atomic E-state index is 0.0873. The molecule has 2 amide bonds. The smallest absolute Gasteiger partial charge is 0.319 e. The second-order valence-electron chi connectivity index (χ2n) is 4.52. The molecule has 6 heteroatoms. The number of hydrogen-bond donors (Lipinski definition) is 2. The molecule has 0 saturated heterocycles. The summed E-state index contributed by atoms with van der Waals surface area (Å²) in [7, 11) is 1.59. The van der Waals surface area contributed by atoms with Crippen molar-refractivity contribution in [3.05, 3.63) is 53.6 Å². The maximum Gasteiger partial charge on any atom is 0.319 e. The summed E-state index contributed by atoms with van der Waals surface area (Å²) >= 11 is 0. The molecule has 0 atom stereocenters. The van der Waals surface area contributed by atoms with Gasteiger partial charge >= 0.3 is 6.03 Å². The van der Waals surface area contributed by atoms with Crippen LogP contribution in [0.15, 0.2) is 36.7 Å². The van der Waals surface area contributed by atoms with Gasteiger partial charge in [0, 0.05) is 12.7 Å². The lowest BCUT2D eigenvalue weighted by molar-refractivity contribution is 0.251. The van der Waals surface area contributed by atoms with E-state index in [0.717, 1.165) is 23.1 Å². The molecule has 21 heavy (non-hydrogen) atoms. The van der Waals surface area contributed by atoms with Crippen molar-refractivity contribution in [1.82, 2.24) is 10.3 Å². The predicted molar refractivity (Wildman–Crippen MR) is 77.8 cm³/mol. The van der Waals surface area contributed by atoms with Crippen LogP contribution in [0.3, 0.4) is 0 Å². The van der Waals surface area contributed by atoms with Crippen LogP contribution in [0.25, 0.3) is 0 Å². The minimum atomic E-state index is -0.579. The Hall–Kier alpha value is -2.63. The number of hydrogen-bond acceptors (Lipinski definition) is 3. The highest BCUT2D eigenvalue weighted by molar-refractivity contribution is 5.89. The van der Waals surface area contributed by atoms with Gasteiger partial charge in [0.1, 0.15) is 5.75 Å². The zero-order chi connectivity index (χ0) is 15.2. The van der Waals surface area contributed by atoms with Gasteiger partial charge in [0.15, 0.2) is 5.82 Å². The molecule has 0 saturated carbocycles. The number of urea groups is 1. The van der Waals surface area contributed by atoms with Crippen molar-refractivity contribution in [2.45, 2.75) is 13.5 Å². The molecule has 0 unspecified atom stereocenters. The van der Waals surface area contributed by atoms with Gasteiger partial charge in [-0.1, -0.05) is 6.07 Å². The summed E-state index contributed by atoms with van der Waals surface area (Å²) in [5, 5.41) is 5.09. The number of nitrogens with one attached hydrogen (secondary N) is 2. The van der Waals surface area contributed by atoms with E-state index in [4.69, 9.17) is 4.74 Å². The average molecular weight is 289 g/mol. The lowest BCUT2D eigenvalue weighted by Crippen LogP contribution is -2.28. The fourth-order valence-electron chi connectivity index (χ4n) is 1.87. The van der Waals surface area contributed by atoms with Crippen LogP contribution < -0.4 is 15.4 Å². The van der Waals surface area contributed by atoms with E-state index in [0.29, 0.717) is 6.54 Å². The van der Waals surface area contributed by atoms with Gasteiger partial charge in [-0.2, -0.15) is 0 Å². The predicted octanol–water partition coefficient (Wildman–Crippen LogP) is 2.86. The van der Waals surface area contributed by atoms with E-state index in [2.05, 4.69) is 15.6 Å². The molecule has 2 rings (SSSR count). The Kier molecular flexibility index (Phi) is 4.71. The summed E-state index contributed by atoms with van der Waals surface area (Å²) in [6, 6.07) is 6.58. The second kappa shape index (κ2) is 6.69. The number of nitrogens with zero attached hydrogens (tertiary/aromatic N) is 1. The minimum Gasteiger partial charge on any atom is -0.497 e. The zero-order valence-electron chi connectivity index (χ0n) is 11.8. The number of methoxy groups -OCH3 is 1. The Morgan fingerprint density at radius 3 is 2.90 bits per heavy atom. The number of pyridine rings is 1. The molecule has 0 aliphatic carbocycles. The van der Waals surface area contributed by atoms with Crippen molar-refractivity contribution >= 4 is 11.7 Å².